The molecule has 17 heavy (non-hydrogen) atoms. The van der Waals surface area contributed by atoms with Crippen molar-refractivity contribution >= 4 is 11.3 Å². The van der Waals surface area contributed by atoms with E-state index >= 15 is 0 Å². The molecule has 1 heterocycles. The fraction of sp³-hybridized carbons (Fsp3) is 0.357. The molecule has 0 amide bonds. The lowest BCUT2D eigenvalue weighted by molar-refractivity contribution is 0.174. The molecule has 0 saturated heterocycles. The lowest BCUT2D eigenvalue weighted by Gasteiger charge is -2.14. The summed E-state index contributed by atoms with van der Waals surface area (Å²) in [6.07, 6.45) is 0.142. The van der Waals surface area contributed by atoms with Crippen LogP contribution in [-0.2, 0) is 6.42 Å². The first-order chi connectivity index (χ1) is 8.08. The van der Waals surface area contributed by atoms with Crippen molar-refractivity contribution in [3.05, 3.63) is 51.0 Å². The van der Waals surface area contributed by atoms with E-state index in [0.717, 1.165) is 5.69 Å². The Bertz CT molecular complexity index is 482. The van der Waals surface area contributed by atoms with Crippen LogP contribution in [-0.4, -0.2) is 10.1 Å². The van der Waals surface area contributed by atoms with Crippen LogP contribution in [0.4, 0.5) is 0 Å². The quantitative estimate of drug-likeness (QED) is 0.902. The summed E-state index contributed by atoms with van der Waals surface area (Å²) in [4.78, 5) is 4.16. The minimum Gasteiger partial charge on any atom is -0.386 e. The maximum atomic E-state index is 10.1. The van der Waals surface area contributed by atoms with Crippen molar-refractivity contribution in [3.63, 3.8) is 0 Å². The Kier molecular flexibility index (Phi) is 3.60. The van der Waals surface area contributed by atoms with Crippen molar-refractivity contribution < 1.29 is 5.11 Å². The van der Waals surface area contributed by atoms with Gasteiger partial charge in [0.2, 0.25) is 0 Å². The third-order valence-corrected chi connectivity index (χ3v) is 3.64. The number of aliphatic hydroxyl groups excluding tert-OH is 1. The van der Waals surface area contributed by atoms with Crippen molar-refractivity contribution in [1.82, 2.24) is 4.98 Å². The molecule has 0 aliphatic heterocycles. The molecule has 2 nitrogen and oxygen atoms in total. The second-order valence-corrected chi connectivity index (χ2v) is 5.23. The summed E-state index contributed by atoms with van der Waals surface area (Å²) in [7, 11) is 0. The smallest absolute Gasteiger partial charge is 0.101 e. The minimum absolute atomic E-state index is 0.499. The van der Waals surface area contributed by atoms with Crippen LogP contribution in [0.3, 0.4) is 0 Å². The van der Waals surface area contributed by atoms with Crippen LogP contribution >= 0.6 is 11.3 Å². The first-order valence-corrected chi connectivity index (χ1v) is 6.65. The predicted octanol–water partition coefficient (Wildman–Crippen LogP) is 3.34. The van der Waals surface area contributed by atoms with Gasteiger partial charge in [0.05, 0.1) is 11.2 Å². The lowest BCUT2D eigenvalue weighted by Crippen LogP contribution is -2.05. The van der Waals surface area contributed by atoms with Crippen LogP contribution in [0.25, 0.3) is 0 Å². The molecule has 90 valence electrons. The van der Waals surface area contributed by atoms with Crippen LogP contribution in [0.15, 0.2) is 23.0 Å². The monoisotopic (exact) mass is 247 g/mol. The Balaban J connectivity index is 2.25. The van der Waals surface area contributed by atoms with E-state index in [1.165, 1.54) is 33.6 Å². The van der Waals surface area contributed by atoms with Crippen molar-refractivity contribution in [1.29, 1.82) is 0 Å². The number of benzene rings is 1. The Hall–Kier alpha value is -1.19. The zero-order chi connectivity index (χ0) is 12.4. The molecule has 0 bridgehead atoms. The summed E-state index contributed by atoms with van der Waals surface area (Å²) in [6, 6.07) is 4.33. The first-order valence-electron chi connectivity index (χ1n) is 5.71. The highest BCUT2D eigenvalue weighted by Crippen LogP contribution is 2.23. The number of rotatable bonds is 3. The highest BCUT2D eigenvalue weighted by atomic mass is 32.1. The normalized spacial score (nSPS) is 12.7. The van der Waals surface area contributed by atoms with Crippen LogP contribution < -0.4 is 0 Å². The van der Waals surface area contributed by atoms with Crippen LogP contribution in [0.2, 0.25) is 0 Å². The molecule has 3 heteroatoms. The lowest BCUT2D eigenvalue weighted by atomic mass is 9.95. The van der Waals surface area contributed by atoms with E-state index in [1.54, 1.807) is 5.51 Å². The largest absolute Gasteiger partial charge is 0.386 e. The van der Waals surface area contributed by atoms with Gasteiger partial charge in [-0.05, 0) is 37.5 Å². The molecule has 0 aliphatic rings. The maximum Gasteiger partial charge on any atom is 0.101 e. The molecule has 0 spiro atoms. The molecule has 0 aliphatic carbocycles. The summed E-state index contributed by atoms with van der Waals surface area (Å²) in [5.41, 5.74) is 7.53. The van der Waals surface area contributed by atoms with Gasteiger partial charge in [-0.25, -0.2) is 4.98 Å². The molecule has 2 aromatic rings. The van der Waals surface area contributed by atoms with Gasteiger partial charge in [-0.2, -0.15) is 0 Å². The third kappa shape index (κ3) is 2.73. The number of aliphatic hydroxyl groups is 1. The molecule has 0 fully saturated rings. The summed E-state index contributed by atoms with van der Waals surface area (Å²) in [5.74, 6) is 0. The molecular formula is C14H17NOS. The topological polar surface area (TPSA) is 33.1 Å². The summed E-state index contributed by atoms with van der Waals surface area (Å²) >= 11 is 1.52. The first kappa shape index (κ1) is 12.3. The second-order valence-electron chi connectivity index (χ2n) is 4.51. The Morgan fingerprint density at radius 2 is 1.88 bits per heavy atom. The molecule has 1 aromatic heterocycles. The van der Waals surface area contributed by atoms with Crippen molar-refractivity contribution in [2.75, 3.05) is 0 Å². The molecular weight excluding hydrogens is 230 g/mol. The van der Waals surface area contributed by atoms with E-state index < -0.39 is 6.10 Å². The SMILES string of the molecule is Cc1cc(C)c(CC(O)c2cscn2)c(C)c1. The maximum absolute atomic E-state index is 10.1. The zero-order valence-electron chi connectivity index (χ0n) is 10.4. The predicted molar refractivity (Wildman–Crippen MR) is 71.4 cm³/mol. The number of hydrogen-bond acceptors (Lipinski definition) is 3. The Morgan fingerprint density at radius 1 is 1.24 bits per heavy atom. The van der Waals surface area contributed by atoms with Gasteiger partial charge >= 0.3 is 0 Å². The van der Waals surface area contributed by atoms with E-state index in [-0.39, 0.29) is 0 Å². The Morgan fingerprint density at radius 3 is 2.41 bits per heavy atom. The van der Waals surface area contributed by atoms with Crippen LogP contribution in [0.5, 0.6) is 0 Å². The minimum atomic E-state index is -0.499. The van der Waals surface area contributed by atoms with Gasteiger partial charge in [-0.3, -0.25) is 0 Å². The van der Waals surface area contributed by atoms with Gasteiger partial charge in [0.15, 0.2) is 0 Å². The average molecular weight is 247 g/mol. The highest BCUT2D eigenvalue weighted by Gasteiger charge is 2.13. The third-order valence-electron chi connectivity index (χ3n) is 3.03. The summed E-state index contributed by atoms with van der Waals surface area (Å²) < 4.78 is 0. The molecule has 1 aromatic carbocycles. The average Bonchev–Trinajstić information content (AvgIpc) is 2.76. The summed E-state index contributed by atoms with van der Waals surface area (Å²) in [6.45, 7) is 6.30. The van der Waals surface area contributed by atoms with E-state index in [1.807, 2.05) is 5.38 Å². The van der Waals surface area contributed by atoms with E-state index in [0.29, 0.717) is 6.42 Å². The van der Waals surface area contributed by atoms with Crippen molar-refractivity contribution in [2.24, 2.45) is 0 Å². The number of nitrogens with zero attached hydrogens (tertiary/aromatic N) is 1. The van der Waals surface area contributed by atoms with E-state index in [2.05, 4.69) is 37.9 Å². The molecule has 0 saturated carbocycles. The molecule has 1 atom stereocenters. The molecule has 1 N–H and O–H groups in total. The summed E-state index contributed by atoms with van der Waals surface area (Å²) in [5, 5.41) is 12.0. The van der Waals surface area contributed by atoms with Crippen molar-refractivity contribution in [2.45, 2.75) is 33.3 Å². The zero-order valence-corrected chi connectivity index (χ0v) is 11.2. The van der Waals surface area contributed by atoms with E-state index in [9.17, 15) is 5.11 Å². The fourth-order valence-corrected chi connectivity index (χ4v) is 2.82. The van der Waals surface area contributed by atoms with Gasteiger partial charge in [0.25, 0.3) is 0 Å². The standard InChI is InChI=1S/C14H17NOS/c1-9-4-10(2)12(11(3)5-9)6-14(16)13-7-17-8-15-13/h4-5,7-8,14,16H,6H2,1-3H3. The number of thiazole rings is 1. The highest BCUT2D eigenvalue weighted by molar-refractivity contribution is 7.07. The van der Waals surface area contributed by atoms with Gasteiger partial charge in [0.1, 0.15) is 6.10 Å². The molecule has 2 rings (SSSR count). The molecule has 0 radical (unpaired) electrons. The van der Waals surface area contributed by atoms with Gasteiger partial charge in [-0.15, -0.1) is 11.3 Å². The van der Waals surface area contributed by atoms with Crippen molar-refractivity contribution in [3.8, 4) is 0 Å². The van der Waals surface area contributed by atoms with Gasteiger partial charge < -0.3 is 5.11 Å². The number of hydrogen-bond donors (Lipinski definition) is 1. The number of aromatic nitrogens is 1. The van der Waals surface area contributed by atoms with Gasteiger partial charge in [-0.1, -0.05) is 17.7 Å². The second kappa shape index (κ2) is 4.98. The van der Waals surface area contributed by atoms with Crippen LogP contribution in [0.1, 0.15) is 34.1 Å². The van der Waals surface area contributed by atoms with E-state index in [4.69, 9.17) is 0 Å². The Labute approximate surface area is 106 Å². The number of aryl methyl sites for hydroxylation is 3. The van der Waals surface area contributed by atoms with Gasteiger partial charge in [0, 0.05) is 11.8 Å². The van der Waals surface area contributed by atoms with Crippen LogP contribution in [0, 0.1) is 20.8 Å². The molecule has 1 unspecified atom stereocenters. The fourth-order valence-electron chi connectivity index (χ4n) is 2.22.